The summed E-state index contributed by atoms with van der Waals surface area (Å²) in [4.78, 5) is 12.9. The number of halogens is 1. The third-order valence-corrected chi connectivity index (χ3v) is 3.01. The van der Waals surface area contributed by atoms with Gasteiger partial charge in [0.25, 0.3) is 0 Å². The first-order chi connectivity index (χ1) is 7.13. The molecule has 2 nitrogen and oxygen atoms in total. The summed E-state index contributed by atoms with van der Waals surface area (Å²) in [5.74, 6) is 0.340. The molecule has 0 atom stereocenters. The molecule has 0 saturated heterocycles. The van der Waals surface area contributed by atoms with Crippen LogP contribution in [0.1, 0.15) is 5.56 Å². The van der Waals surface area contributed by atoms with E-state index in [1.807, 2.05) is 12.1 Å². The van der Waals surface area contributed by atoms with Gasteiger partial charge in [0.15, 0.2) is 0 Å². The van der Waals surface area contributed by atoms with Crippen LogP contribution in [0.5, 0.6) is 0 Å². The molecule has 1 aromatic carbocycles. The number of rotatable bonds is 4. The molecule has 0 unspecified atom stereocenters. The molecule has 0 aliphatic carbocycles. The molecule has 0 radical (unpaired) electrons. The number of nitrogens with zero attached hydrogens (tertiary/aromatic N) is 1. The van der Waals surface area contributed by atoms with E-state index in [2.05, 4.69) is 40.7 Å². The highest BCUT2D eigenvalue weighted by Gasteiger charge is 2.05. The first-order valence-electron chi connectivity index (χ1n) is 4.72. The summed E-state index contributed by atoms with van der Waals surface area (Å²) in [6.07, 6.45) is 0.878. The molecular formula is C11H14BrNOS. The van der Waals surface area contributed by atoms with Gasteiger partial charge < -0.3 is 4.90 Å². The number of hydrogen-bond acceptors (Lipinski definition) is 2. The Balaban J connectivity index is 2.43. The molecule has 0 aromatic heterocycles. The van der Waals surface area contributed by atoms with Gasteiger partial charge in [0, 0.05) is 18.1 Å². The molecule has 1 rings (SSSR count). The van der Waals surface area contributed by atoms with Crippen LogP contribution in [0.3, 0.4) is 0 Å². The standard InChI is InChI=1S/C11H14BrNOS/c1-13(11(14)8-15)7-6-9-2-4-10(12)5-3-9/h2-5,15H,6-8H2,1H3. The van der Waals surface area contributed by atoms with Gasteiger partial charge in [-0.3, -0.25) is 4.79 Å². The number of benzene rings is 1. The number of likely N-dealkylation sites (N-methyl/N-ethyl adjacent to an activating group) is 1. The number of thiol groups is 1. The topological polar surface area (TPSA) is 20.3 Å². The lowest BCUT2D eigenvalue weighted by Crippen LogP contribution is -2.29. The average molecular weight is 288 g/mol. The molecule has 15 heavy (non-hydrogen) atoms. The van der Waals surface area contributed by atoms with Gasteiger partial charge in [-0.2, -0.15) is 12.6 Å². The summed E-state index contributed by atoms with van der Waals surface area (Å²) in [5.41, 5.74) is 1.23. The average Bonchev–Trinajstić information content (AvgIpc) is 2.26. The van der Waals surface area contributed by atoms with E-state index in [4.69, 9.17) is 0 Å². The molecule has 0 N–H and O–H groups in total. The van der Waals surface area contributed by atoms with Crippen LogP contribution in [0.4, 0.5) is 0 Å². The third-order valence-electron chi connectivity index (χ3n) is 2.21. The van der Waals surface area contributed by atoms with Gasteiger partial charge in [0.05, 0.1) is 5.75 Å². The fourth-order valence-electron chi connectivity index (χ4n) is 1.19. The molecule has 4 heteroatoms. The zero-order valence-electron chi connectivity index (χ0n) is 8.61. The van der Waals surface area contributed by atoms with Gasteiger partial charge in [0.1, 0.15) is 0 Å². The summed E-state index contributed by atoms with van der Waals surface area (Å²) in [7, 11) is 1.80. The second-order valence-electron chi connectivity index (χ2n) is 3.35. The minimum atomic E-state index is 0.0652. The maximum absolute atomic E-state index is 11.2. The SMILES string of the molecule is CN(CCc1ccc(Br)cc1)C(=O)CS. The number of amides is 1. The number of carbonyl (C=O) groups is 1. The van der Waals surface area contributed by atoms with Crippen molar-refractivity contribution in [2.45, 2.75) is 6.42 Å². The van der Waals surface area contributed by atoms with Gasteiger partial charge in [-0.25, -0.2) is 0 Å². The van der Waals surface area contributed by atoms with Crippen molar-refractivity contribution in [3.8, 4) is 0 Å². The highest BCUT2D eigenvalue weighted by Crippen LogP contribution is 2.11. The summed E-state index contributed by atoms with van der Waals surface area (Å²) < 4.78 is 1.08. The maximum atomic E-state index is 11.2. The van der Waals surface area contributed by atoms with Crippen LogP contribution < -0.4 is 0 Å². The highest BCUT2D eigenvalue weighted by atomic mass is 79.9. The smallest absolute Gasteiger partial charge is 0.232 e. The third kappa shape index (κ3) is 4.26. The Bertz CT molecular complexity index is 326. The first kappa shape index (κ1) is 12.6. The van der Waals surface area contributed by atoms with Crippen LogP contribution >= 0.6 is 28.6 Å². The Kier molecular flexibility index (Phi) is 5.19. The van der Waals surface area contributed by atoms with Crippen molar-refractivity contribution in [3.05, 3.63) is 34.3 Å². The Labute approximate surface area is 104 Å². The van der Waals surface area contributed by atoms with E-state index in [0.717, 1.165) is 17.4 Å². The molecule has 0 bridgehead atoms. The fraction of sp³-hybridized carbons (Fsp3) is 0.364. The molecule has 1 amide bonds. The van der Waals surface area contributed by atoms with Crippen molar-refractivity contribution in [1.82, 2.24) is 4.90 Å². The minimum Gasteiger partial charge on any atom is -0.345 e. The van der Waals surface area contributed by atoms with Gasteiger partial charge >= 0.3 is 0 Å². The van der Waals surface area contributed by atoms with E-state index in [9.17, 15) is 4.79 Å². The zero-order chi connectivity index (χ0) is 11.3. The maximum Gasteiger partial charge on any atom is 0.232 e. The van der Waals surface area contributed by atoms with Crippen LogP contribution in [0.25, 0.3) is 0 Å². The summed E-state index contributed by atoms with van der Waals surface area (Å²) in [6.45, 7) is 0.737. The molecule has 0 aliphatic rings. The lowest BCUT2D eigenvalue weighted by molar-refractivity contribution is -0.127. The zero-order valence-corrected chi connectivity index (χ0v) is 11.1. The van der Waals surface area contributed by atoms with Crippen LogP contribution in [-0.2, 0) is 11.2 Å². The number of carbonyl (C=O) groups excluding carboxylic acids is 1. The van der Waals surface area contributed by atoms with E-state index < -0.39 is 0 Å². The van der Waals surface area contributed by atoms with Gasteiger partial charge in [-0.15, -0.1) is 0 Å². The Morgan fingerprint density at radius 2 is 2.00 bits per heavy atom. The van der Waals surface area contributed by atoms with Gasteiger partial charge in [-0.1, -0.05) is 28.1 Å². The van der Waals surface area contributed by atoms with Crippen molar-refractivity contribution in [3.63, 3.8) is 0 Å². The largest absolute Gasteiger partial charge is 0.345 e. The van der Waals surface area contributed by atoms with E-state index in [1.165, 1.54) is 5.56 Å². The summed E-state index contributed by atoms with van der Waals surface area (Å²) in [6, 6.07) is 8.14. The molecule has 0 saturated carbocycles. The highest BCUT2D eigenvalue weighted by molar-refractivity contribution is 9.10. The van der Waals surface area contributed by atoms with Gasteiger partial charge in [0.2, 0.25) is 5.91 Å². The van der Waals surface area contributed by atoms with E-state index in [0.29, 0.717) is 0 Å². The molecule has 0 spiro atoms. The number of hydrogen-bond donors (Lipinski definition) is 1. The van der Waals surface area contributed by atoms with Crippen molar-refractivity contribution in [1.29, 1.82) is 0 Å². The van der Waals surface area contributed by atoms with Crippen molar-refractivity contribution in [2.75, 3.05) is 19.3 Å². The monoisotopic (exact) mass is 287 g/mol. The van der Waals surface area contributed by atoms with Crippen LogP contribution in [-0.4, -0.2) is 30.2 Å². The molecule has 0 aliphatic heterocycles. The van der Waals surface area contributed by atoms with Crippen LogP contribution in [0.2, 0.25) is 0 Å². The quantitative estimate of drug-likeness (QED) is 0.843. The van der Waals surface area contributed by atoms with Crippen LogP contribution in [0, 0.1) is 0 Å². The van der Waals surface area contributed by atoms with E-state index in [-0.39, 0.29) is 11.7 Å². The van der Waals surface area contributed by atoms with Crippen LogP contribution in [0.15, 0.2) is 28.7 Å². The molecule has 1 aromatic rings. The van der Waals surface area contributed by atoms with Gasteiger partial charge in [-0.05, 0) is 24.1 Å². The summed E-state index contributed by atoms with van der Waals surface area (Å²) >= 11 is 7.34. The van der Waals surface area contributed by atoms with Crippen molar-refractivity contribution >= 4 is 34.5 Å². The second-order valence-corrected chi connectivity index (χ2v) is 4.58. The molecular weight excluding hydrogens is 274 g/mol. The first-order valence-corrected chi connectivity index (χ1v) is 6.15. The lowest BCUT2D eigenvalue weighted by Gasteiger charge is -2.15. The van der Waals surface area contributed by atoms with Crippen molar-refractivity contribution in [2.24, 2.45) is 0 Å². The van der Waals surface area contributed by atoms with E-state index in [1.54, 1.807) is 11.9 Å². The fourth-order valence-corrected chi connectivity index (χ4v) is 1.70. The summed E-state index contributed by atoms with van der Waals surface area (Å²) in [5, 5.41) is 0. The Hall–Kier alpha value is -0.480. The van der Waals surface area contributed by atoms with Crippen molar-refractivity contribution < 1.29 is 4.79 Å². The Morgan fingerprint density at radius 3 is 2.53 bits per heavy atom. The minimum absolute atomic E-state index is 0.0652. The molecule has 0 fully saturated rings. The Morgan fingerprint density at radius 1 is 1.40 bits per heavy atom. The second kappa shape index (κ2) is 6.18. The normalized spacial score (nSPS) is 10.1. The lowest BCUT2D eigenvalue weighted by atomic mass is 10.1. The molecule has 82 valence electrons. The predicted octanol–water partition coefficient (Wildman–Crippen LogP) is 2.38. The molecule has 0 heterocycles. The predicted molar refractivity (Wildman–Crippen MR) is 69.3 cm³/mol. The van der Waals surface area contributed by atoms with E-state index >= 15 is 0 Å².